The quantitative estimate of drug-likeness (QED) is 0.567. The van der Waals surface area contributed by atoms with Crippen LogP contribution in [-0.4, -0.2) is 36.6 Å². The highest BCUT2D eigenvalue weighted by molar-refractivity contribution is 7.89. The molecule has 2 aromatic carbocycles. The number of anilines is 1. The third-order valence-electron chi connectivity index (χ3n) is 4.92. The monoisotopic (exact) mass is 437 g/mol. The van der Waals surface area contributed by atoms with Crippen LogP contribution in [0.15, 0.2) is 47.4 Å². The van der Waals surface area contributed by atoms with E-state index < -0.39 is 14.9 Å². The fourth-order valence-electron chi connectivity index (χ4n) is 3.29. The molecule has 8 nitrogen and oxygen atoms in total. The van der Waals surface area contributed by atoms with E-state index in [1.165, 1.54) is 16.4 Å². The number of non-ortho nitro benzene ring substituents is 1. The molecule has 1 aliphatic heterocycles. The van der Waals surface area contributed by atoms with Gasteiger partial charge in [0.15, 0.2) is 0 Å². The number of sulfonamides is 1. The number of nitro groups is 1. The van der Waals surface area contributed by atoms with Gasteiger partial charge in [0.1, 0.15) is 0 Å². The SMILES string of the molecule is Cc1ccc([N+](=O)[O-])cc1S(=O)(=O)N1CCC(C(=O)Nc2cccc(Cl)c2)CC1. The number of nitrogens with one attached hydrogen (secondary N) is 1. The molecule has 0 saturated carbocycles. The number of carbonyl (C=O) groups is 1. The summed E-state index contributed by atoms with van der Waals surface area (Å²) in [6.45, 7) is 1.93. The minimum absolute atomic E-state index is 0.0754. The molecule has 29 heavy (non-hydrogen) atoms. The van der Waals surface area contributed by atoms with Gasteiger partial charge in [-0.1, -0.05) is 23.7 Å². The summed E-state index contributed by atoms with van der Waals surface area (Å²) in [4.78, 5) is 22.8. The van der Waals surface area contributed by atoms with Crippen LogP contribution in [0.1, 0.15) is 18.4 Å². The molecule has 3 rings (SSSR count). The van der Waals surface area contributed by atoms with Crippen LogP contribution in [0, 0.1) is 23.0 Å². The van der Waals surface area contributed by atoms with E-state index in [-0.39, 0.29) is 35.5 Å². The fraction of sp³-hybridized carbons (Fsp3) is 0.316. The van der Waals surface area contributed by atoms with Crippen LogP contribution in [0.4, 0.5) is 11.4 Å². The predicted molar refractivity (Wildman–Crippen MR) is 109 cm³/mol. The van der Waals surface area contributed by atoms with Crippen LogP contribution in [0.3, 0.4) is 0 Å². The zero-order valence-corrected chi connectivity index (χ0v) is 17.2. The predicted octanol–water partition coefficient (Wildman–Crippen LogP) is 3.60. The van der Waals surface area contributed by atoms with Crippen LogP contribution in [-0.2, 0) is 14.8 Å². The lowest BCUT2D eigenvalue weighted by atomic mass is 9.97. The number of nitrogens with zero attached hydrogens (tertiary/aromatic N) is 2. The highest BCUT2D eigenvalue weighted by Gasteiger charge is 2.33. The van der Waals surface area contributed by atoms with E-state index in [4.69, 9.17) is 11.6 Å². The van der Waals surface area contributed by atoms with Crippen molar-refractivity contribution in [2.24, 2.45) is 5.92 Å². The number of rotatable bonds is 5. The number of hydrogen-bond acceptors (Lipinski definition) is 5. The number of amides is 1. The number of piperidine rings is 1. The molecule has 1 aliphatic rings. The van der Waals surface area contributed by atoms with E-state index in [1.807, 2.05) is 0 Å². The summed E-state index contributed by atoms with van der Waals surface area (Å²) in [5.74, 6) is -0.512. The van der Waals surface area contributed by atoms with Crippen LogP contribution in [0.25, 0.3) is 0 Å². The third kappa shape index (κ3) is 4.75. The summed E-state index contributed by atoms with van der Waals surface area (Å²) in [7, 11) is -3.88. The Hall–Kier alpha value is -2.49. The Morgan fingerprint density at radius 2 is 1.90 bits per heavy atom. The van der Waals surface area contributed by atoms with E-state index in [0.29, 0.717) is 29.1 Å². The lowest BCUT2D eigenvalue weighted by Crippen LogP contribution is -2.41. The average molecular weight is 438 g/mol. The largest absolute Gasteiger partial charge is 0.326 e. The van der Waals surface area contributed by atoms with Gasteiger partial charge >= 0.3 is 0 Å². The molecule has 0 unspecified atom stereocenters. The van der Waals surface area contributed by atoms with Crippen LogP contribution in [0.5, 0.6) is 0 Å². The van der Waals surface area contributed by atoms with Gasteiger partial charge in [-0.15, -0.1) is 0 Å². The molecule has 10 heteroatoms. The second kappa shape index (κ2) is 8.48. The van der Waals surface area contributed by atoms with Gasteiger partial charge in [0, 0.05) is 41.9 Å². The summed E-state index contributed by atoms with van der Waals surface area (Å²) in [6, 6.07) is 10.6. The number of aryl methyl sites for hydroxylation is 1. The Morgan fingerprint density at radius 3 is 2.52 bits per heavy atom. The zero-order chi connectivity index (χ0) is 21.2. The Labute approximate surface area is 173 Å². The first-order valence-corrected chi connectivity index (χ1v) is 10.8. The second-order valence-electron chi connectivity index (χ2n) is 6.88. The summed E-state index contributed by atoms with van der Waals surface area (Å²) in [5, 5.41) is 14.3. The third-order valence-corrected chi connectivity index (χ3v) is 7.19. The second-order valence-corrected chi connectivity index (χ2v) is 9.23. The molecule has 1 saturated heterocycles. The van der Waals surface area contributed by atoms with Gasteiger partial charge in [0.25, 0.3) is 5.69 Å². The van der Waals surface area contributed by atoms with Crippen molar-refractivity contribution >= 4 is 38.9 Å². The van der Waals surface area contributed by atoms with Crippen molar-refractivity contribution < 1.29 is 18.1 Å². The first-order chi connectivity index (χ1) is 13.7. The Kier molecular flexibility index (Phi) is 6.21. The number of hydrogen-bond donors (Lipinski definition) is 1. The first-order valence-electron chi connectivity index (χ1n) is 9.00. The maximum atomic E-state index is 13.0. The summed E-state index contributed by atoms with van der Waals surface area (Å²) in [6.07, 6.45) is 0.721. The van der Waals surface area contributed by atoms with Crippen molar-refractivity contribution in [3.63, 3.8) is 0 Å². The molecule has 0 aliphatic carbocycles. The van der Waals surface area contributed by atoms with Crippen molar-refractivity contribution in [2.45, 2.75) is 24.7 Å². The van der Waals surface area contributed by atoms with Gasteiger partial charge in [0.2, 0.25) is 15.9 Å². The van der Waals surface area contributed by atoms with Crippen molar-refractivity contribution in [3.05, 3.63) is 63.2 Å². The molecular formula is C19H20ClN3O5S. The average Bonchev–Trinajstić information content (AvgIpc) is 2.68. The minimum Gasteiger partial charge on any atom is -0.326 e. The summed E-state index contributed by atoms with van der Waals surface area (Å²) in [5.41, 5.74) is 0.756. The molecule has 1 N–H and O–H groups in total. The molecule has 154 valence electrons. The zero-order valence-electron chi connectivity index (χ0n) is 15.7. The van der Waals surface area contributed by atoms with Crippen molar-refractivity contribution in [1.82, 2.24) is 4.31 Å². The number of benzene rings is 2. The molecule has 0 spiro atoms. The highest BCUT2D eigenvalue weighted by atomic mass is 35.5. The molecule has 0 radical (unpaired) electrons. The van der Waals surface area contributed by atoms with Crippen molar-refractivity contribution in [1.29, 1.82) is 0 Å². The highest BCUT2D eigenvalue weighted by Crippen LogP contribution is 2.29. The first kappa shape index (κ1) is 21.2. The Bertz CT molecular complexity index is 1050. The smallest absolute Gasteiger partial charge is 0.270 e. The van der Waals surface area contributed by atoms with Crippen molar-refractivity contribution in [3.8, 4) is 0 Å². The molecule has 0 atom stereocenters. The van der Waals surface area contributed by atoms with Crippen LogP contribution < -0.4 is 5.32 Å². The van der Waals surface area contributed by atoms with Gasteiger partial charge in [0.05, 0.1) is 9.82 Å². The lowest BCUT2D eigenvalue weighted by Gasteiger charge is -2.30. The van der Waals surface area contributed by atoms with E-state index in [1.54, 1.807) is 31.2 Å². The fourth-order valence-corrected chi connectivity index (χ4v) is 5.19. The number of halogens is 1. The lowest BCUT2D eigenvalue weighted by molar-refractivity contribution is -0.385. The maximum absolute atomic E-state index is 13.0. The molecular weight excluding hydrogens is 418 g/mol. The van der Waals surface area contributed by atoms with Gasteiger partial charge in [-0.25, -0.2) is 8.42 Å². The van der Waals surface area contributed by atoms with Crippen molar-refractivity contribution in [2.75, 3.05) is 18.4 Å². The van der Waals surface area contributed by atoms with Crippen LogP contribution >= 0.6 is 11.6 Å². The normalized spacial score (nSPS) is 15.8. The van der Waals surface area contributed by atoms with Gasteiger partial charge < -0.3 is 5.32 Å². The van der Waals surface area contributed by atoms with E-state index in [2.05, 4.69) is 5.32 Å². The van der Waals surface area contributed by atoms with Gasteiger partial charge in [-0.3, -0.25) is 14.9 Å². The molecule has 1 amide bonds. The van der Waals surface area contributed by atoms with Gasteiger partial charge in [-0.05, 0) is 43.5 Å². The topological polar surface area (TPSA) is 110 Å². The number of carbonyl (C=O) groups excluding carboxylic acids is 1. The summed E-state index contributed by atoms with van der Waals surface area (Å²) < 4.78 is 27.2. The maximum Gasteiger partial charge on any atom is 0.270 e. The van der Waals surface area contributed by atoms with E-state index in [0.717, 1.165) is 6.07 Å². The molecule has 1 fully saturated rings. The standard InChI is InChI=1S/C19H20ClN3O5S/c1-13-5-6-17(23(25)26)12-18(13)29(27,28)22-9-7-14(8-10-22)19(24)21-16-4-2-3-15(20)11-16/h2-6,11-12,14H,7-10H2,1H3,(H,21,24). The van der Waals surface area contributed by atoms with Gasteiger partial charge in [-0.2, -0.15) is 4.31 Å². The van der Waals surface area contributed by atoms with E-state index in [9.17, 15) is 23.3 Å². The Balaban J connectivity index is 1.69. The Morgan fingerprint density at radius 1 is 1.21 bits per heavy atom. The minimum atomic E-state index is -3.88. The molecule has 0 bridgehead atoms. The van der Waals surface area contributed by atoms with Crippen LogP contribution in [0.2, 0.25) is 5.02 Å². The van der Waals surface area contributed by atoms with E-state index >= 15 is 0 Å². The molecule has 1 heterocycles. The molecule has 0 aromatic heterocycles. The molecule has 2 aromatic rings. The summed E-state index contributed by atoms with van der Waals surface area (Å²) >= 11 is 5.92. The number of nitro benzene ring substituents is 1.